The van der Waals surface area contributed by atoms with Gasteiger partial charge in [0.2, 0.25) is 0 Å². The monoisotopic (exact) mass is 258 g/mol. The van der Waals surface area contributed by atoms with E-state index >= 15 is 0 Å². The summed E-state index contributed by atoms with van der Waals surface area (Å²) >= 11 is 5.90. The summed E-state index contributed by atoms with van der Waals surface area (Å²) in [5.41, 5.74) is 1.60. The van der Waals surface area contributed by atoms with Crippen molar-refractivity contribution in [2.75, 3.05) is 0 Å². The molecule has 1 heterocycles. The summed E-state index contributed by atoms with van der Waals surface area (Å²) in [6.45, 7) is 0. The summed E-state index contributed by atoms with van der Waals surface area (Å²) in [6.07, 6.45) is 1.72. The molecule has 3 aromatic rings. The Morgan fingerprint density at radius 3 is 2.56 bits per heavy atom. The van der Waals surface area contributed by atoms with E-state index in [0.29, 0.717) is 10.8 Å². The van der Waals surface area contributed by atoms with E-state index in [1.54, 1.807) is 24.4 Å². The molecule has 0 unspecified atom stereocenters. The van der Waals surface area contributed by atoms with Gasteiger partial charge in [-0.15, -0.1) is 0 Å². The lowest BCUT2D eigenvalue weighted by Crippen LogP contribution is -1.90. The molecule has 0 aliphatic heterocycles. The van der Waals surface area contributed by atoms with Crippen LogP contribution in [0.4, 0.5) is 4.39 Å². The van der Waals surface area contributed by atoms with Crippen molar-refractivity contribution >= 4 is 22.5 Å². The fourth-order valence-corrected chi connectivity index (χ4v) is 1.92. The Balaban J connectivity index is 2.13. The Labute approximate surface area is 108 Å². The predicted octanol–water partition coefficient (Wildman–Crippen LogP) is 4.09. The maximum Gasteiger partial charge on any atom is 0.159 e. The van der Waals surface area contributed by atoms with E-state index in [0.717, 1.165) is 16.5 Å². The lowest BCUT2D eigenvalue weighted by Gasteiger charge is -2.02. The Bertz CT molecular complexity index is 711. The minimum atomic E-state index is -0.272. The summed E-state index contributed by atoms with van der Waals surface area (Å²) in [6, 6.07) is 11.5. The molecule has 3 rings (SSSR count). The second-order valence-corrected chi connectivity index (χ2v) is 4.34. The quantitative estimate of drug-likeness (QED) is 0.657. The molecule has 0 saturated carbocycles. The third-order valence-electron chi connectivity index (χ3n) is 2.64. The lowest BCUT2D eigenvalue weighted by molar-refractivity contribution is 0.628. The number of nitrogens with zero attached hydrogens (tertiary/aromatic N) is 2. The molecule has 0 N–H and O–H groups in total. The smallest absolute Gasteiger partial charge is 0.159 e. The Morgan fingerprint density at radius 2 is 1.78 bits per heavy atom. The largest absolute Gasteiger partial charge is 0.236 e. The molecule has 2 nitrogen and oxygen atoms in total. The first kappa shape index (κ1) is 11.1. The molecular weight excluding hydrogens is 251 g/mol. The van der Waals surface area contributed by atoms with Crippen LogP contribution in [0.15, 0.2) is 48.7 Å². The van der Waals surface area contributed by atoms with Gasteiger partial charge in [-0.2, -0.15) is 0 Å². The lowest BCUT2D eigenvalue weighted by atomic mass is 10.2. The molecule has 0 fully saturated rings. The zero-order chi connectivity index (χ0) is 12.5. The van der Waals surface area contributed by atoms with Crippen molar-refractivity contribution in [1.82, 2.24) is 9.97 Å². The Morgan fingerprint density at radius 1 is 1.00 bits per heavy atom. The highest BCUT2D eigenvalue weighted by Crippen LogP contribution is 2.21. The number of halogens is 2. The van der Waals surface area contributed by atoms with Crippen LogP contribution in [0.2, 0.25) is 5.02 Å². The molecule has 0 aliphatic carbocycles. The molecule has 0 radical (unpaired) electrons. The maximum absolute atomic E-state index is 12.8. The van der Waals surface area contributed by atoms with Crippen LogP contribution in [0.1, 0.15) is 0 Å². The predicted molar refractivity (Wildman–Crippen MR) is 69.9 cm³/mol. The standard InChI is InChI=1S/C14H8ClFN2/c15-11-3-6-13-10(7-11)8-17-14(18-13)9-1-4-12(16)5-2-9/h1-8H. The summed E-state index contributed by atoms with van der Waals surface area (Å²) < 4.78 is 12.8. The highest BCUT2D eigenvalue weighted by molar-refractivity contribution is 6.31. The van der Waals surface area contributed by atoms with Crippen molar-refractivity contribution in [2.45, 2.75) is 0 Å². The molecule has 18 heavy (non-hydrogen) atoms. The van der Waals surface area contributed by atoms with Crippen molar-refractivity contribution in [2.24, 2.45) is 0 Å². The van der Waals surface area contributed by atoms with E-state index in [1.165, 1.54) is 12.1 Å². The summed E-state index contributed by atoms with van der Waals surface area (Å²) in [5.74, 6) is 0.302. The number of hydrogen-bond acceptors (Lipinski definition) is 2. The molecule has 0 aliphatic rings. The van der Waals surface area contributed by atoms with Crippen LogP contribution < -0.4 is 0 Å². The fraction of sp³-hybridized carbons (Fsp3) is 0. The van der Waals surface area contributed by atoms with Crippen molar-refractivity contribution in [3.8, 4) is 11.4 Å². The molecule has 0 atom stereocenters. The van der Waals surface area contributed by atoms with Crippen LogP contribution >= 0.6 is 11.6 Å². The minimum Gasteiger partial charge on any atom is -0.236 e. The second kappa shape index (κ2) is 4.35. The van der Waals surface area contributed by atoms with Gasteiger partial charge in [-0.1, -0.05) is 11.6 Å². The van der Waals surface area contributed by atoms with E-state index in [1.807, 2.05) is 12.1 Å². The van der Waals surface area contributed by atoms with Crippen LogP contribution in [-0.2, 0) is 0 Å². The van der Waals surface area contributed by atoms with Crippen LogP contribution in [0, 0.1) is 5.82 Å². The molecule has 2 aromatic carbocycles. The fourth-order valence-electron chi connectivity index (χ4n) is 1.74. The van der Waals surface area contributed by atoms with Gasteiger partial charge in [-0.05, 0) is 42.5 Å². The summed E-state index contributed by atoms with van der Waals surface area (Å²) in [7, 11) is 0. The van der Waals surface area contributed by atoms with Gasteiger partial charge in [-0.3, -0.25) is 0 Å². The van der Waals surface area contributed by atoms with Crippen molar-refractivity contribution in [3.05, 3.63) is 59.5 Å². The van der Waals surface area contributed by atoms with Crippen LogP contribution in [0.3, 0.4) is 0 Å². The molecule has 0 amide bonds. The summed E-state index contributed by atoms with van der Waals surface area (Å²) in [5, 5.41) is 1.54. The Kier molecular flexibility index (Phi) is 2.68. The van der Waals surface area contributed by atoms with Gasteiger partial charge < -0.3 is 0 Å². The van der Waals surface area contributed by atoms with Gasteiger partial charge in [0.05, 0.1) is 5.52 Å². The normalized spacial score (nSPS) is 10.8. The van der Waals surface area contributed by atoms with Gasteiger partial charge in [0, 0.05) is 22.2 Å². The number of fused-ring (bicyclic) bond motifs is 1. The first-order valence-corrected chi connectivity index (χ1v) is 5.78. The second-order valence-electron chi connectivity index (χ2n) is 3.90. The van der Waals surface area contributed by atoms with Crippen LogP contribution in [-0.4, -0.2) is 9.97 Å². The topological polar surface area (TPSA) is 25.8 Å². The highest BCUT2D eigenvalue weighted by Gasteiger charge is 2.03. The van der Waals surface area contributed by atoms with Gasteiger partial charge in [0.1, 0.15) is 5.82 Å². The van der Waals surface area contributed by atoms with E-state index in [2.05, 4.69) is 9.97 Å². The van der Waals surface area contributed by atoms with Crippen LogP contribution in [0.5, 0.6) is 0 Å². The number of hydrogen-bond donors (Lipinski definition) is 0. The van der Waals surface area contributed by atoms with E-state index in [-0.39, 0.29) is 5.82 Å². The molecule has 0 bridgehead atoms. The number of benzene rings is 2. The zero-order valence-electron chi connectivity index (χ0n) is 9.27. The van der Waals surface area contributed by atoms with Gasteiger partial charge in [0.25, 0.3) is 0 Å². The number of rotatable bonds is 1. The highest BCUT2D eigenvalue weighted by atomic mass is 35.5. The molecule has 0 spiro atoms. The van der Waals surface area contributed by atoms with Crippen molar-refractivity contribution in [3.63, 3.8) is 0 Å². The van der Waals surface area contributed by atoms with Gasteiger partial charge in [0.15, 0.2) is 5.82 Å². The van der Waals surface area contributed by atoms with Gasteiger partial charge in [-0.25, -0.2) is 14.4 Å². The van der Waals surface area contributed by atoms with Gasteiger partial charge >= 0.3 is 0 Å². The molecule has 88 valence electrons. The number of aromatic nitrogens is 2. The molecule has 1 aromatic heterocycles. The molecule has 4 heteroatoms. The molecular formula is C14H8ClFN2. The average Bonchev–Trinajstić information content (AvgIpc) is 2.39. The van der Waals surface area contributed by atoms with Crippen LogP contribution in [0.25, 0.3) is 22.3 Å². The average molecular weight is 259 g/mol. The third-order valence-corrected chi connectivity index (χ3v) is 2.88. The zero-order valence-corrected chi connectivity index (χ0v) is 10.0. The SMILES string of the molecule is Fc1ccc(-c2ncc3cc(Cl)ccc3n2)cc1. The minimum absolute atomic E-state index is 0.272. The third kappa shape index (κ3) is 2.05. The van der Waals surface area contributed by atoms with E-state index < -0.39 is 0 Å². The van der Waals surface area contributed by atoms with Crippen molar-refractivity contribution in [1.29, 1.82) is 0 Å². The maximum atomic E-state index is 12.8. The Hall–Kier alpha value is -2.00. The first-order chi connectivity index (χ1) is 8.72. The summed E-state index contributed by atoms with van der Waals surface area (Å²) in [4.78, 5) is 8.68. The molecule has 0 saturated heterocycles. The van der Waals surface area contributed by atoms with Crippen molar-refractivity contribution < 1.29 is 4.39 Å². The first-order valence-electron chi connectivity index (χ1n) is 5.41. The van der Waals surface area contributed by atoms with E-state index in [4.69, 9.17) is 11.6 Å². The van der Waals surface area contributed by atoms with E-state index in [9.17, 15) is 4.39 Å².